The van der Waals surface area contributed by atoms with Crippen LogP contribution in [0.15, 0.2) is 42.7 Å². The van der Waals surface area contributed by atoms with Crippen molar-refractivity contribution in [3.8, 4) is 17.0 Å². The SMILES string of the molecule is COc1cccc(-c2nc(N3CCOCC3)nc3c2CCN3c2ccncc2)c1C. The zero-order valence-corrected chi connectivity index (χ0v) is 17.3. The maximum atomic E-state index is 5.58. The molecule has 2 aliphatic heterocycles. The highest BCUT2D eigenvalue weighted by Gasteiger charge is 2.29. The summed E-state index contributed by atoms with van der Waals surface area (Å²) in [6.45, 7) is 5.95. The van der Waals surface area contributed by atoms with Crippen LogP contribution in [0.4, 0.5) is 17.5 Å². The first kappa shape index (κ1) is 18.8. The number of hydrogen-bond donors (Lipinski definition) is 0. The Labute approximate surface area is 176 Å². The number of methoxy groups -OCH3 is 1. The van der Waals surface area contributed by atoms with Gasteiger partial charge in [-0.15, -0.1) is 0 Å². The molecule has 3 aromatic rings. The van der Waals surface area contributed by atoms with E-state index in [1.807, 2.05) is 36.7 Å². The molecule has 0 amide bonds. The van der Waals surface area contributed by atoms with Crippen molar-refractivity contribution in [2.24, 2.45) is 0 Å². The summed E-state index contributed by atoms with van der Waals surface area (Å²) in [5, 5.41) is 0. The van der Waals surface area contributed by atoms with Gasteiger partial charge >= 0.3 is 0 Å². The molecule has 4 heterocycles. The van der Waals surface area contributed by atoms with E-state index in [2.05, 4.69) is 27.8 Å². The number of morpholine rings is 1. The molecule has 0 bridgehead atoms. The minimum atomic E-state index is 0.696. The number of aromatic nitrogens is 3. The zero-order chi connectivity index (χ0) is 20.5. The van der Waals surface area contributed by atoms with E-state index in [1.54, 1.807) is 7.11 Å². The van der Waals surface area contributed by atoms with Crippen molar-refractivity contribution in [1.82, 2.24) is 15.0 Å². The van der Waals surface area contributed by atoms with Crippen molar-refractivity contribution >= 4 is 17.5 Å². The molecule has 0 atom stereocenters. The van der Waals surface area contributed by atoms with Gasteiger partial charge in [0.25, 0.3) is 0 Å². The van der Waals surface area contributed by atoms with Gasteiger partial charge in [0, 0.05) is 54.4 Å². The maximum Gasteiger partial charge on any atom is 0.228 e. The highest BCUT2D eigenvalue weighted by Crippen LogP contribution is 2.41. The highest BCUT2D eigenvalue weighted by atomic mass is 16.5. The Morgan fingerprint density at radius 3 is 2.57 bits per heavy atom. The van der Waals surface area contributed by atoms with Gasteiger partial charge in [-0.25, -0.2) is 4.98 Å². The smallest absolute Gasteiger partial charge is 0.228 e. The lowest BCUT2D eigenvalue weighted by Gasteiger charge is -2.28. The minimum Gasteiger partial charge on any atom is -0.496 e. The molecule has 154 valence electrons. The second-order valence-corrected chi connectivity index (χ2v) is 7.51. The number of ether oxygens (including phenoxy) is 2. The van der Waals surface area contributed by atoms with Gasteiger partial charge in [0.05, 0.1) is 26.0 Å². The van der Waals surface area contributed by atoms with Gasteiger partial charge in [-0.1, -0.05) is 12.1 Å². The third kappa shape index (κ3) is 3.25. The number of anilines is 3. The summed E-state index contributed by atoms with van der Waals surface area (Å²) in [4.78, 5) is 18.7. The average Bonchev–Trinajstić information content (AvgIpc) is 3.24. The minimum absolute atomic E-state index is 0.696. The Bertz CT molecular complexity index is 1050. The van der Waals surface area contributed by atoms with Crippen molar-refractivity contribution in [1.29, 1.82) is 0 Å². The van der Waals surface area contributed by atoms with Crippen LogP contribution in [0.5, 0.6) is 5.75 Å². The first-order chi connectivity index (χ1) is 14.8. The molecule has 1 aromatic carbocycles. The van der Waals surface area contributed by atoms with Crippen molar-refractivity contribution in [2.45, 2.75) is 13.3 Å². The first-order valence-corrected chi connectivity index (χ1v) is 10.3. The molecular formula is C23H25N5O2. The maximum absolute atomic E-state index is 5.58. The highest BCUT2D eigenvalue weighted by molar-refractivity contribution is 5.79. The van der Waals surface area contributed by atoms with E-state index < -0.39 is 0 Å². The van der Waals surface area contributed by atoms with E-state index in [1.165, 1.54) is 5.56 Å². The molecule has 2 aliphatic rings. The molecule has 7 heteroatoms. The van der Waals surface area contributed by atoms with E-state index in [9.17, 15) is 0 Å². The molecule has 5 rings (SSSR count). The molecule has 1 saturated heterocycles. The second kappa shape index (κ2) is 7.91. The Morgan fingerprint density at radius 2 is 1.80 bits per heavy atom. The molecule has 1 fully saturated rings. The van der Waals surface area contributed by atoms with Crippen LogP contribution in [0.3, 0.4) is 0 Å². The van der Waals surface area contributed by atoms with E-state index in [0.717, 1.165) is 66.1 Å². The molecule has 0 spiro atoms. The van der Waals surface area contributed by atoms with Crippen LogP contribution in [0.2, 0.25) is 0 Å². The molecule has 0 N–H and O–H groups in total. The standard InChI is InChI=1S/C23H25N5O2/c1-16-18(4-3-5-20(16)29-2)21-19-8-11-28(17-6-9-24-10-7-17)22(19)26-23(25-21)27-12-14-30-15-13-27/h3-7,9-10H,8,11-15H2,1-2H3. The van der Waals surface area contributed by atoms with Crippen molar-refractivity contribution in [3.63, 3.8) is 0 Å². The van der Waals surface area contributed by atoms with Crippen LogP contribution in [0.25, 0.3) is 11.3 Å². The van der Waals surface area contributed by atoms with E-state index in [4.69, 9.17) is 19.4 Å². The van der Waals surface area contributed by atoms with Crippen molar-refractivity contribution in [3.05, 3.63) is 53.9 Å². The average molecular weight is 403 g/mol. The van der Waals surface area contributed by atoms with Gasteiger partial charge in [0.1, 0.15) is 11.6 Å². The van der Waals surface area contributed by atoms with Crippen LogP contribution in [-0.4, -0.2) is 54.9 Å². The summed E-state index contributed by atoms with van der Waals surface area (Å²) < 4.78 is 11.1. The largest absolute Gasteiger partial charge is 0.496 e. The van der Waals surface area contributed by atoms with Gasteiger partial charge in [-0.2, -0.15) is 4.98 Å². The Hall–Kier alpha value is -3.19. The third-order valence-corrected chi connectivity index (χ3v) is 5.84. The van der Waals surface area contributed by atoms with Gasteiger partial charge in [-0.05, 0) is 31.5 Å². The van der Waals surface area contributed by atoms with Crippen molar-refractivity contribution < 1.29 is 9.47 Å². The van der Waals surface area contributed by atoms with Crippen LogP contribution < -0.4 is 14.5 Å². The van der Waals surface area contributed by atoms with Gasteiger partial charge in [0.2, 0.25) is 5.95 Å². The van der Waals surface area contributed by atoms with Crippen molar-refractivity contribution in [2.75, 3.05) is 49.8 Å². The number of fused-ring (bicyclic) bond motifs is 1. The van der Waals surface area contributed by atoms with Crippen LogP contribution in [-0.2, 0) is 11.2 Å². The van der Waals surface area contributed by atoms with Gasteiger partial charge < -0.3 is 19.3 Å². The molecule has 0 aliphatic carbocycles. The lowest BCUT2D eigenvalue weighted by Crippen LogP contribution is -2.37. The predicted octanol–water partition coefficient (Wildman–Crippen LogP) is 3.39. The van der Waals surface area contributed by atoms with E-state index in [-0.39, 0.29) is 0 Å². The van der Waals surface area contributed by atoms with Crippen LogP contribution >= 0.6 is 0 Å². The lowest BCUT2D eigenvalue weighted by atomic mass is 10.00. The molecule has 0 saturated carbocycles. The lowest BCUT2D eigenvalue weighted by molar-refractivity contribution is 0.122. The second-order valence-electron chi connectivity index (χ2n) is 7.51. The third-order valence-electron chi connectivity index (χ3n) is 5.84. The number of nitrogens with zero attached hydrogens (tertiary/aromatic N) is 5. The fourth-order valence-corrected chi connectivity index (χ4v) is 4.24. The topological polar surface area (TPSA) is 63.6 Å². The summed E-state index contributed by atoms with van der Waals surface area (Å²) in [6.07, 6.45) is 4.54. The number of hydrogen-bond acceptors (Lipinski definition) is 7. The Kier molecular flexibility index (Phi) is 4.96. The van der Waals surface area contributed by atoms with E-state index >= 15 is 0 Å². The quantitative estimate of drug-likeness (QED) is 0.662. The van der Waals surface area contributed by atoms with Crippen LogP contribution in [0, 0.1) is 6.92 Å². The molecule has 2 aromatic heterocycles. The summed E-state index contributed by atoms with van der Waals surface area (Å²) in [5.74, 6) is 2.61. The molecule has 7 nitrogen and oxygen atoms in total. The first-order valence-electron chi connectivity index (χ1n) is 10.3. The number of rotatable bonds is 4. The van der Waals surface area contributed by atoms with Gasteiger partial charge in [0.15, 0.2) is 0 Å². The predicted molar refractivity (Wildman–Crippen MR) is 117 cm³/mol. The number of pyridine rings is 1. The number of benzene rings is 1. The monoisotopic (exact) mass is 403 g/mol. The summed E-state index contributed by atoms with van der Waals surface area (Å²) in [5.41, 5.74) is 5.47. The summed E-state index contributed by atoms with van der Waals surface area (Å²) in [6, 6.07) is 10.2. The van der Waals surface area contributed by atoms with E-state index in [0.29, 0.717) is 13.2 Å². The zero-order valence-electron chi connectivity index (χ0n) is 17.3. The molecule has 0 unspecified atom stereocenters. The Balaban J connectivity index is 1.68. The molecular weight excluding hydrogens is 378 g/mol. The fraction of sp³-hybridized carbons (Fsp3) is 0.348. The van der Waals surface area contributed by atoms with Crippen LogP contribution in [0.1, 0.15) is 11.1 Å². The normalized spacial score (nSPS) is 15.9. The summed E-state index contributed by atoms with van der Waals surface area (Å²) in [7, 11) is 1.71. The molecule has 0 radical (unpaired) electrons. The fourth-order valence-electron chi connectivity index (χ4n) is 4.24. The summed E-state index contributed by atoms with van der Waals surface area (Å²) >= 11 is 0. The Morgan fingerprint density at radius 1 is 1.00 bits per heavy atom. The van der Waals surface area contributed by atoms with Gasteiger partial charge in [-0.3, -0.25) is 4.98 Å². The molecule has 30 heavy (non-hydrogen) atoms.